The van der Waals surface area contributed by atoms with E-state index in [1.165, 1.54) is 19.3 Å². The van der Waals surface area contributed by atoms with Crippen LogP contribution in [0.25, 0.3) is 0 Å². The van der Waals surface area contributed by atoms with Crippen LogP contribution in [-0.4, -0.2) is 51.8 Å². The van der Waals surface area contributed by atoms with E-state index in [0.717, 1.165) is 33.0 Å². The Bertz CT molecular complexity index is 200. The van der Waals surface area contributed by atoms with Crippen LogP contribution in [0.4, 0.5) is 0 Å². The fourth-order valence-corrected chi connectivity index (χ4v) is 1.28. The van der Waals surface area contributed by atoms with Crippen LogP contribution in [0.5, 0.6) is 0 Å². The lowest BCUT2D eigenvalue weighted by molar-refractivity contribution is 0.113. The molecule has 2 heterocycles. The Hall–Kier alpha value is -0.420. The van der Waals surface area contributed by atoms with E-state index in [4.69, 9.17) is 18.9 Å². The molecule has 0 radical (unpaired) electrons. The van der Waals surface area contributed by atoms with Crippen molar-refractivity contribution in [2.45, 2.75) is 38.4 Å². The van der Waals surface area contributed by atoms with E-state index >= 15 is 0 Å². The van der Waals surface area contributed by atoms with Gasteiger partial charge in [0.2, 0.25) is 0 Å². The molecule has 2 atom stereocenters. The Morgan fingerprint density at radius 1 is 1.11 bits per heavy atom. The van der Waals surface area contributed by atoms with Crippen LogP contribution < -0.4 is 0 Å². The SMILES string of the molecule is C=CCOCC1CO1.CCCCCOCC1CO1. The minimum atomic E-state index is 0.384. The molecule has 0 aromatic carbocycles. The smallest absolute Gasteiger partial charge is 0.104 e. The van der Waals surface area contributed by atoms with Gasteiger partial charge in [0.25, 0.3) is 0 Å². The highest BCUT2D eigenvalue weighted by Crippen LogP contribution is 2.09. The summed E-state index contributed by atoms with van der Waals surface area (Å²) in [5.74, 6) is 0. The molecule has 0 aliphatic carbocycles. The van der Waals surface area contributed by atoms with Gasteiger partial charge in [-0.15, -0.1) is 6.58 Å². The summed E-state index contributed by atoms with van der Waals surface area (Å²) in [6, 6.07) is 0. The summed E-state index contributed by atoms with van der Waals surface area (Å²) >= 11 is 0. The standard InChI is InChI=1S/C8H16O2.C6H10O2/c1-2-3-4-5-9-6-8-7-10-8;1-2-3-7-4-6-5-8-6/h8H,2-7H2,1H3;2,6H,1,3-5H2. The summed E-state index contributed by atoms with van der Waals surface area (Å²) < 4.78 is 20.3. The van der Waals surface area contributed by atoms with Crippen LogP contribution >= 0.6 is 0 Å². The van der Waals surface area contributed by atoms with Gasteiger partial charge in [-0.05, 0) is 6.42 Å². The fraction of sp³-hybridized carbons (Fsp3) is 0.857. The van der Waals surface area contributed by atoms with Crippen LogP contribution in [0, 0.1) is 0 Å². The Labute approximate surface area is 110 Å². The number of ether oxygens (including phenoxy) is 4. The molecule has 2 fully saturated rings. The van der Waals surface area contributed by atoms with Gasteiger partial charge in [0.05, 0.1) is 33.0 Å². The lowest BCUT2D eigenvalue weighted by Crippen LogP contribution is -2.02. The van der Waals surface area contributed by atoms with Crippen LogP contribution in [-0.2, 0) is 18.9 Å². The van der Waals surface area contributed by atoms with Gasteiger partial charge in [-0.2, -0.15) is 0 Å². The number of epoxide rings is 2. The van der Waals surface area contributed by atoms with Crippen molar-refractivity contribution >= 4 is 0 Å². The quantitative estimate of drug-likeness (QED) is 0.342. The van der Waals surface area contributed by atoms with E-state index < -0.39 is 0 Å². The molecule has 2 aliphatic rings. The molecule has 2 unspecified atom stereocenters. The van der Waals surface area contributed by atoms with E-state index in [1.54, 1.807) is 6.08 Å². The fourth-order valence-electron chi connectivity index (χ4n) is 1.28. The molecule has 0 spiro atoms. The molecule has 4 heteroatoms. The zero-order valence-electron chi connectivity index (χ0n) is 11.4. The molecular weight excluding hydrogens is 232 g/mol. The summed E-state index contributed by atoms with van der Waals surface area (Å²) in [4.78, 5) is 0. The molecule has 18 heavy (non-hydrogen) atoms. The molecule has 0 amide bonds. The third kappa shape index (κ3) is 10.7. The topological polar surface area (TPSA) is 43.5 Å². The van der Waals surface area contributed by atoms with Crippen molar-refractivity contribution in [3.8, 4) is 0 Å². The number of rotatable bonds is 10. The van der Waals surface area contributed by atoms with E-state index in [2.05, 4.69) is 13.5 Å². The van der Waals surface area contributed by atoms with Crippen molar-refractivity contribution in [1.82, 2.24) is 0 Å². The van der Waals surface area contributed by atoms with Crippen molar-refractivity contribution in [2.24, 2.45) is 0 Å². The molecular formula is C14H26O4. The second-order valence-electron chi connectivity index (χ2n) is 4.52. The van der Waals surface area contributed by atoms with Crippen molar-refractivity contribution in [3.63, 3.8) is 0 Å². The highest BCUT2D eigenvalue weighted by molar-refractivity contribution is 4.70. The Kier molecular flexibility index (Phi) is 9.12. The molecule has 2 aliphatic heterocycles. The largest absolute Gasteiger partial charge is 0.379 e. The third-order valence-electron chi connectivity index (χ3n) is 2.54. The van der Waals surface area contributed by atoms with Crippen LogP contribution in [0.2, 0.25) is 0 Å². The van der Waals surface area contributed by atoms with Crippen LogP contribution in [0.15, 0.2) is 12.7 Å². The van der Waals surface area contributed by atoms with Gasteiger partial charge in [0, 0.05) is 6.61 Å². The second kappa shape index (κ2) is 10.5. The average molecular weight is 258 g/mol. The van der Waals surface area contributed by atoms with E-state index in [9.17, 15) is 0 Å². The van der Waals surface area contributed by atoms with Gasteiger partial charge >= 0.3 is 0 Å². The van der Waals surface area contributed by atoms with Crippen molar-refractivity contribution in [2.75, 3.05) is 39.6 Å². The monoisotopic (exact) mass is 258 g/mol. The molecule has 0 aromatic rings. The van der Waals surface area contributed by atoms with Crippen molar-refractivity contribution < 1.29 is 18.9 Å². The van der Waals surface area contributed by atoms with E-state index in [-0.39, 0.29) is 0 Å². The maximum atomic E-state index is 5.33. The van der Waals surface area contributed by atoms with E-state index in [1.807, 2.05) is 0 Å². The third-order valence-corrected chi connectivity index (χ3v) is 2.54. The molecule has 2 rings (SSSR count). The zero-order valence-corrected chi connectivity index (χ0v) is 11.4. The predicted octanol–water partition coefficient (Wildman–Crippen LogP) is 2.18. The second-order valence-corrected chi connectivity index (χ2v) is 4.52. The van der Waals surface area contributed by atoms with Gasteiger partial charge in [0.15, 0.2) is 0 Å². The Morgan fingerprint density at radius 2 is 1.72 bits per heavy atom. The molecule has 0 N–H and O–H groups in total. The molecule has 0 saturated carbocycles. The Morgan fingerprint density at radius 3 is 2.22 bits per heavy atom. The summed E-state index contributed by atoms with van der Waals surface area (Å²) in [6.07, 6.45) is 6.30. The van der Waals surface area contributed by atoms with Gasteiger partial charge < -0.3 is 18.9 Å². The summed E-state index contributed by atoms with van der Waals surface area (Å²) in [5.41, 5.74) is 0. The molecule has 2 saturated heterocycles. The first kappa shape index (κ1) is 15.6. The first-order valence-corrected chi connectivity index (χ1v) is 6.86. The molecule has 0 bridgehead atoms. The minimum absolute atomic E-state index is 0.384. The average Bonchev–Trinajstić information content (AvgIpc) is 3.25. The van der Waals surface area contributed by atoms with Crippen molar-refractivity contribution in [3.05, 3.63) is 12.7 Å². The lowest BCUT2D eigenvalue weighted by atomic mass is 10.3. The lowest BCUT2D eigenvalue weighted by Gasteiger charge is -1.99. The molecule has 4 nitrogen and oxygen atoms in total. The van der Waals surface area contributed by atoms with Crippen LogP contribution in [0.1, 0.15) is 26.2 Å². The number of hydrogen-bond acceptors (Lipinski definition) is 4. The normalized spacial score (nSPS) is 24.1. The number of unbranched alkanes of at least 4 members (excludes halogenated alkanes) is 2. The predicted molar refractivity (Wildman–Crippen MR) is 70.8 cm³/mol. The summed E-state index contributed by atoms with van der Waals surface area (Å²) in [7, 11) is 0. The first-order chi connectivity index (χ1) is 8.86. The van der Waals surface area contributed by atoms with Crippen molar-refractivity contribution in [1.29, 1.82) is 0 Å². The van der Waals surface area contributed by atoms with Gasteiger partial charge in [-0.3, -0.25) is 0 Å². The zero-order chi connectivity index (χ0) is 13.1. The highest BCUT2D eigenvalue weighted by atomic mass is 16.6. The van der Waals surface area contributed by atoms with Gasteiger partial charge in [-0.1, -0.05) is 25.8 Å². The first-order valence-electron chi connectivity index (χ1n) is 6.86. The minimum Gasteiger partial charge on any atom is -0.379 e. The number of hydrogen-bond donors (Lipinski definition) is 0. The molecule has 106 valence electrons. The molecule has 0 aromatic heterocycles. The highest BCUT2D eigenvalue weighted by Gasteiger charge is 2.22. The summed E-state index contributed by atoms with van der Waals surface area (Å²) in [6.45, 7) is 10.6. The maximum absolute atomic E-state index is 5.33. The van der Waals surface area contributed by atoms with Gasteiger partial charge in [0.1, 0.15) is 12.2 Å². The van der Waals surface area contributed by atoms with Gasteiger partial charge in [-0.25, -0.2) is 0 Å². The Balaban J connectivity index is 0.000000184. The summed E-state index contributed by atoms with van der Waals surface area (Å²) in [5, 5.41) is 0. The van der Waals surface area contributed by atoms with E-state index in [0.29, 0.717) is 18.8 Å². The van der Waals surface area contributed by atoms with Crippen LogP contribution in [0.3, 0.4) is 0 Å². The maximum Gasteiger partial charge on any atom is 0.104 e.